The number of anilines is 1. The van der Waals surface area contributed by atoms with Gasteiger partial charge in [0.2, 0.25) is 5.91 Å². The fourth-order valence-corrected chi connectivity index (χ4v) is 4.93. The van der Waals surface area contributed by atoms with E-state index >= 15 is 0 Å². The van der Waals surface area contributed by atoms with Gasteiger partial charge in [-0.05, 0) is 54.6 Å². The topological polar surface area (TPSA) is 78.2 Å². The highest BCUT2D eigenvalue weighted by Crippen LogP contribution is 2.35. The van der Waals surface area contributed by atoms with Crippen molar-refractivity contribution in [3.05, 3.63) is 80.3 Å². The Labute approximate surface area is 206 Å². The second-order valence-electron chi connectivity index (χ2n) is 8.24. The summed E-state index contributed by atoms with van der Waals surface area (Å²) in [6.45, 7) is 3.29. The summed E-state index contributed by atoms with van der Waals surface area (Å²) in [6.07, 6.45) is 0.438. The number of carbonyl (C=O) groups is 1. The Morgan fingerprint density at radius 2 is 1.91 bits per heavy atom. The minimum atomic E-state index is -0.430. The molecule has 5 rings (SSSR count). The summed E-state index contributed by atoms with van der Waals surface area (Å²) in [7, 11) is 1.57. The molecule has 180 valence electrons. The summed E-state index contributed by atoms with van der Waals surface area (Å²) in [5.74, 6) is 1.82. The number of methoxy groups -OCH3 is 1. The molecule has 1 aliphatic rings. The molecular weight excluding hydrogens is 466 g/mol. The molecule has 8 heteroatoms. The first-order valence-corrected chi connectivity index (χ1v) is 12.2. The first-order chi connectivity index (χ1) is 17.0. The van der Waals surface area contributed by atoms with Gasteiger partial charge in [0.1, 0.15) is 24.5 Å². The normalized spacial score (nSPS) is 12.5. The van der Waals surface area contributed by atoms with Crippen LogP contribution in [-0.4, -0.2) is 26.2 Å². The summed E-state index contributed by atoms with van der Waals surface area (Å²) >= 11 is 1.59. The first kappa shape index (κ1) is 23.0. The number of ether oxygens (including phenoxy) is 3. The van der Waals surface area contributed by atoms with Crippen molar-refractivity contribution in [1.82, 2.24) is 0 Å². The van der Waals surface area contributed by atoms with Crippen molar-refractivity contribution in [2.45, 2.75) is 26.3 Å². The second kappa shape index (κ2) is 9.84. The van der Waals surface area contributed by atoms with E-state index in [0.717, 1.165) is 21.5 Å². The summed E-state index contributed by atoms with van der Waals surface area (Å²) in [6, 6.07) is 14.9. The number of thiophene rings is 1. The van der Waals surface area contributed by atoms with Crippen molar-refractivity contribution in [1.29, 1.82) is 0 Å². The van der Waals surface area contributed by atoms with Crippen LogP contribution in [0.2, 0.25) is 0 Å². The molecule has 0 bridgehead atoms. The quantitative estimate of drug-likeness (QED) is 0.335. The van der Waals surface area contributed by atoms with Crippen molar-refractivity contribution >= 4 is 33.9 Å². The predicted molar refractivity (Wildman–Crippen MR) is 135 cm³/mol. The summed E-state index contributed by atoms with van der Waals surface area (Å²) in [5.41, 5.74) is 2.09. The van der Waals surface area contributed by atoms with Crippen molar-refractivity contribution in [2.75, 3.05) is 25.2 Å². The second-order valence-corrected chi connectivity index (χ2v) is 9.27. The number of carbonyl (C=O) groups excluding carboxylic acids is 1. The van der Waals surface area contributed by atoms with Gasteiger partial charge < -0.3 is 23.5 Å². The molecule has 0 saturated heterocycles. The maximum Gasteiger partial charge on any atom is 0.339 e. The molecule has 0 unspecified atom stereocenters. The largest absolute Gasteiger partial charge is 0.497 e. The maximum absolute atomic E-state index is 13.5. The molecule has 0 N–H and O–H groups in total. The van der Waals surface area contributed by atoms with Crippen LogP contribution in [0.5, 0.6) is 17.2 Å². The number of fused-ring (bicyclic) bond motifs is 2. The van der Waals surface area contributed by atoms with E-state index in [2.05, 4.69) is 0 Å². The van der Waals surface area contributed by atoms with Gasteiger partial charge in [0, 0.05) is 40.1 Å². The molecule has 0 spiro atoms. The molecule has 0 fully saturated rings. The van der Waals surface area contributed by atoms with Gasteiger partial charge in [-0.2, -0.15) is 0 Å². The fraction of sp³-hybridized carbons (Fsp3) is 0.259. The van der Waals surface area contributed by atoms with Crippen LogP contribution in [0.4, 0.5) is 5.69 Å². The molecule has 0 atom stereocenters. The Kier molecular flexibility index (Phi) is 6.46. The monoisotopic (exact) mass is 491 g/mol. The van der Waals surface area contributed by atoms with Crippen LogP contribution in [0.25, 0.3) is 11.0 Å². The third kappa shape index (κ3) is 4.74. The first-order valence-electron chi connectivity index (χ1n) is 11.4. The van der Waals surface area contributed by atoms with E-state index < -0.39 is 5.63 Å². The minimum Gasteiger partial charge on any atom is -0.497 e. The van der Waals surface area contributed by atoms with Crippen LogP contribution in [0.1, 0.15) is 22.4 Å². The third-order valence-corrected chi connectivity index (χ3v) is 6.98. The van der Waals surface area contributed by atoms with E-state index in [-0.39, 0.29) is 18.7 Å². The van der Waals surface area contributed by atoms with Crippen LogP contribution >= 0.6 is 11.3 Å². The van der Waals surface area contributed by atoms with Crippen LogP contribution < -0.4 is 24.7 Å². The van der Waals surface area contributed by atoms with Gasteiger partial charge in [-0.3, -0.25) is 4.79 Å². The number of nitrogens with zero attached hydrogens (tertiary/aromatic N) is 1. The predicted octanol–water partition coefficient (Wildman–Crippen LogP) is 5.11. The van der Waals surface area contributed by atoms with E-state index in [1.54, 1.807) is 29.4 Å². The molecule has 2 aromatic carbocycles. The van der Waals surface area contributed by atoms with E-state index in [4.69, 9.17) is 18.6 Å². The standard InChI is InChI=1S/C27H25NO6S/c1-17-21-7-6-19(31-2)15-24(21)34-27(30)22(17)8-10-26(29)28(16-20-4-3-13-35-20)18-5-9-23-25(14-18)33-12-11-32-23/h3-7,9,13-15H,8,10-12,16H2,1-2H3. The zero-order chi connectivity index (χ0) is 24.4. The van der Waals surface area contributed by atoms with Gasteiger partial charge in [0.25, 0.3) is 0 Å². The molecule has 0 aliphatic carbocycles. The molecule has 7 nitrogen and oxygen atoms in total. The third-order valence-electron chi connectivity index (χ3n) is 6.12. The van der Waals surface area contributed by atoms with Gasteiger partial charge in [-0.25, -0.2) is 4.79 Å². The molecule has 1 amide bonds. The van der Waals surface area contributed by atoms with Gasteiger partial charge in [-0.15, -0.1) is 11.3 Å². The average Bonchev–Trinajstić information content (AvgIpc) is 3.39. The number of aryl methyl sites for hydroxylation is 1. The van der Waals surface area contributed by atoms with Crippen LogP contribution in [0.3, 0.4) is 0 Å². The van der Waals surface area contributed by atoms with E-state index in [9.17, 15) is 9.59 Å². The Morgan fingerprint density at radius 3 is 2.69 bits per heavy atom. The lowest BCUT2D eigenvalue weighted by Crippen LogP contribution is -2.31. The summed E-state index contributed by atoms with van der Waals surface area (Å²) in [5, 5.41) is 2.82. The van der Waals surface area contributed by atoms with Crippen LogP contribution in [-0.2, 0) is 17.8 Å². The summed E-state index contributed by atoms with van der Waals surface area (Å²) in [4.78, 5) is 29.0. The van der Waals surface area contributed by atoms with Crippen molar-refractivity contribution < 1.29 is 23.4 Å². The van der Waals surface area contributed by atoms with E-state index in [1.807, 2.05) is 54.8 Å². The highest BCUT2D eigenvalue weighted by molar-refractivity contribution is 7.09. The smallest absolute Gasteiger partial charge is 0.339 e. The van der Waals surface area contributed by atoms with Crippen molar-refractivity contribution in [3.63, 3.8) is 0 Å². The van der Waals surface area contributed by atoms with Crippen molar-refractivity contribution in [2.24, 2.45) is 0 Å². The van der Waals surface area contributed by atoms with Gasteiger partial charge >= 0.3 is 5.63 Å². The lowest BCUT2D eigenvalue weighted by atomic mass is 10.0. The molecule has 2 aromatic heterocycles. The molecule has 35 heavy (non-hydrogen) atoms. The fourth-order valence-electron chi connectivity index (χ4n) is 4.24. The van der Waals surface area contributed by atoms with Gasteiger partial charge in [0.15, 0.2) is 11.5 Å². The Balaban J connectivity index is 1.41. The molecule has 4 aromatic rings. The zero-order valence-corrected chi connectivity index (χ0v) is 20.4. The Morgan fingerprint density at radius 1 is 1.09 bits per heavy atom. The zero-order valence-electron chi connectivity index (χ0n) is 19.5. The number of rotatable bonds is 7. The number of benzene rings is 2. The summed E-state index contributed by atoms with van der Waals surface area (Å²) < 4.78 is 22.1. The molecule has 1 aliphatic heterocycles. The molecule has 0 radical (unpaired) electrons. The van der Waals surface area contributed by atoms with Crippen LogP contribution in [0.15, 0.2) is 63.1 Å². The minimum absolute atomic E-state index is 0.0938. The molecular formula is C27H25NO6S. The average molecular weight is 492 g/mol. The van der Waals surface area contributed by atoms with Crippen molar-refractivity contribution in [3.8, 4) is 17.2 Å². The van der Waals surface area contributed by atoms with E-state index in [1.165, 1.54) is 0 Å². The highest BCUT2D eigenvalue weighted by atomic mass is 32.1. The molecule has 0 saturated carbocycles. The Bertz CT molecular complexity index is 1430. The highest BCUT2D eigenvalue weighted by Gasteiger charge is 2.22. The van der Waals surface area contributed by atoms with Gasteiger partial charge in [0.05, 0.1) is 13.7 Å². The SMILES string of the molecule is COc1ccc2c(C)c(CCC(=O)N(Cc3cccs3)c3ccc4c(c3)OCCO4)c(=O)oc2c1. The number of hydrogen-bond acceptors (Lipinski definition) is 7. The lowest BCUT2D eigenvalue weighted by molar-refractivity contribution is -0.118. The maximum atomic E-state index is 13.5. The number of amides is 1. The number of hydrogen-bond donors (Lipinski definition) is 0. The van der Waals surface area contributed by atoms with Crippen LogP contribution in [0, 0.1) is 6.92 Å². The van der Waals surface area contributed by atoms with Gasteiger partial charge in [-0.1, -0.05) is 6.07 Å². The molecule has 3 heterocycles. The Hall–Kier alpha value is -3.78. The lowest BCUT2D eigenvalue weighted by Gasteiger charge is -2.25. The van der Waals surface area contributed by atoms with E-state index in [0.29, 0.717) is 48.2 Å².